The van der Waals surface area contributed by atoms with Crippen molar-refractivity contribution >= 4 is 7.14 Å². The molecule has 0 saturated heterocycles. The van der Waals surface area contributed by atoms with Gasteiger partial charge in [-0.15, -0.1) is 6.58 Å². The van der Waals surface area contributed by atoms with Gasteiger partial charge < -0.3 is 4.57 Å². The van der Waals surface area contributed by atoms with Crippen molar-refractivity contribution in [1.82, 2.24) is 0 Å². The molecule has 0 aromatic rings. The Bertz CT molecular complexity index is 176. The lowest BCUT2D eigenvalue weighted by molar-refractivity contribution is 0.552. The zero-order valence-electron chi connectivity index (χ0n) is 8.05. The maximum Gasteiger partial charge on any atom is 0.0901 e. The molecule has 0 aromatic heterocycles. The van der Waals surface area contributed by atoms with Gasteiger partial charge in [-0.2, -0.15) is 0 Å². The lowest BCUT2D eigenvalue weighted by atomic mass is 10.3. The highest BCUT2D eigenvalue weighted by molar-refractivity contribution is 7.64. The predicted molar refractivity (Wildman–Crippen MR) is 53.0 cm³/mol. The fourth-order valence-electron chi connectivity index (χ4n) is 0.673. The minimum Gasteiger partial charge on any atom is -0.323 e. The first-order chi connectivity index (χ1) is 4.81. The Balaban J connectivity index is 4.23. The van der Waals surface area contributed by atoms with Crippen LogP contribution in [0.4, 0.5) is 0 Å². The standard InChI is InChI=1S/C9H19OP/c1-6-7-8-11(5,10)9(2,3)4/h6H,1,7-8H2,2-5H3. The third-order valence-electron chi connectivity index (χ3n) is 2.18. The SMILES string of the molecule is C=CCCP(C)(=O)C(C)(C)C. The van der Waals surface area contributed by atoms with Crippen molar-refractivity contribution in [2.24, 2.45) is 0 Å². The zero-order chi connectivity index (χ0) is 9.12. The van der Waals surface area contributed by atoms with Gasteiger partial charge in [-0.3, -0.25) is 0 Å². The highest BCUT2D eigenvalue weighted by atomic mass is 31.2. The molecule has 66 valence electrons. The number of rotatable bonds is 3. The highest BCUT2D eigenvalue weighted by Gasteiger charge is 2.30. The monoisotopic (exact) mass is 174 g/mol. The second-order valence-electron chi connectivity index (χ2n) is 4.07. The van der Waals surface area contributed by atoms with E-state index in [1.165, 1.54) is 0 Å². The van der Waals surface area contributed by atoms with Crippen molar-refractivity contribution in [3.05, 3.63) is 12.7 Å². The lowest BCUT2D eigenvalue weighted by Gasteiger charge is -2.27. The maximum atomic E-state index is 11.9. The molecule has 0 aliphatic heterocycles. The Labute approximate surface area is 70.3 Å². The summed E-state index contributed by atoms with van der Waals surface area (Å²) in [6.07, 6.45) is 3.49. The quantitative estimate of drug-likeness (QED) is 0.473. The molecule has 0 aliphatic rings. The van der Waals surface area contributed by atoms with Gasteiger partial charge >= 0.3 is 0 Å². The average molecular weight is 174 g/mol. The highest BCUT2D eigenvalue weighted by Crippen LogP contribution is 2.54. The summed E-state index contributed by atoms with van der Waals surface area (Å²) in [5.41, 5.74) is 0. The molecule has 0 bridgehead atoms. The van der Waals surface area contributed by atoms with Crippen molar-refractivity contribution < 1.29 is 4.57 Å². The summed E-state index contributed by atoms with van der Waals surface area (Å²) >= 11 is 0. The van der Waals surface area contributed by atoms with E-state index < -0.39 is 7.14 Å². The van der Waals surface area contributed by atoms with Crippen LogP contribution < -0.4 is 0 Å². The molecule has 0 N–H and O–H groups in total. The van der Waals surface area contributed by atoms with Gasteiger partial charge in [-0.1, -0.05) is 26.8 Å². The molecule has 0 rings (SSSR count). The maximum absolute atomic E-state index is 11.9. The van der Waals surface area contributed by atoms with E-state index in [4.69, 9.17) is 0 Å². The van der Waals surface area contributed by atoms with Gasteiger partial charge in [0.25, 0.3) is 0 Å². The molecule has 0 radical (unpaired) electrons. The van der Waals surface area contributed by atoms with Crippen LogP contribution in [0.3, 0.4) is 0 Å². The molecule has 2 heteroatoms. The summed E-state index contributed by atoms with van der Waals surface area (Å²) in [4.78, 5) is 0. The molecule has 11 heavy (non-hydrogen) atoms. The first-order valence-electron chi connectivity index (χ1n) is 3.99. The summed E-state index contributed by atoms with van der Waals surface area (Å²) in [6.45, 7) is 11.6. The molecule has 0 saturated carbocycles. The zero-order valence-corrected chi connectivity index (χ0v) is 8.95. The molecular weight excluding hydrogens is 155 g/mol. The van der Waals surface area contributed by atoms with Crippen LogP contribution in [0.25, 0.3) is 0 Å². The van der Waals surface area contributed by atoms with Crippen LogP contribution in [0.2, 0.25) is 0 Å². The fourth-order valence-corrected chi connectivity index (χ4v) is 2.02. The molecule has 1 unspecified atom stereocenters. The second kappa shape index (κ2) is 3.58. The average Bonchev–Trinajstić information content (AvgIpc) is 1.81. The van der Waals surface area contributed by atoms with Crippen molar-refractivity contribution in [2.45, 2.75) is 32.3 Å². The van der Waals surface area contributed by atoms with Crippen LogP contribution in [0, 0.1) is 0 Å². The molecule has 1 nitrogen and oxygen atoms in total. The summed E-state index contributed by atoms with van der Waals surface area (Å²) in [5, 5.41) is -0.0456. The van der Waals surface area contributed by atoms with E-state index in [0.29, 0.717) is 0 Å². The topological polar surface area (TPSA) is 17.1 Å². The van der Waals surface area contributed by atoms with Crippen molar-refractivity contribution in [1.29, 1.82) is 0 Å². The van der Waals surface area contributed by atoms with Crippen molar-refractivity contribution in [3.8, 4) is 0 Å². The number of hydrogen-bond acceptors (Lipinski definition) is 1. The minimum absolute atomic E-state index is 0.0456. The molecule has 0 amide bonds. The molecule has 0 aliphatic carbocycles. The van der Waals surface area contributed by atoms with Crippen LogP contribution in [0.1, 0.15) is 27.2 Å². The van der Waals surface area contributed by atoms with Crippen LogP contribution in [0.5, 0.6) is 0 Å². The van der Waals surface area contributed by atoms with E-state index in [9.17, 15) is 4.57 Å². The van der Waals surface area contributed by atoms with Gasteiger partial charge in [0.05, 0.1) is 7.14 Å². The van der Waals surface area contributed by atoms with Gasteiger partial charge in [0.2, 0.25) is 0 Å². The molecule has 0 fully saturated rings. The summed E-state index contributed by atoms with van der Waals surface area (Å²) in [6, 6.07) is 0. The van der Waals surface area contributed by atoms with Gasteiger partial charge in [0.15, 0.2) is 0 Å². The van der Waals surface area contributed by atoms with Crippen molar-refractivity contribution in [2.75, 3.05) is 12.8 Å². The van der Waals surface area contributed by atoms with Gasteiger partial charge in [-0.05, 0) is 13.1 Å². The molecule has 0 spiro atoms. The molecule has 1 atom stereocenters. The summed E-state index contributed by atoms with van der Waals surface area (Å²) in [5.74, 6) is 0. The predicted octanol–water partition coefficient (Wildman–Crippen LogP) is 3.35. The van der Waals surface area contributed by atoms with Gasteiger partial charge in [0, 0.05) is 11.3 Å². The third-order valence-corrected chi connectivity index (χ3v) is 6.13. The second-order valence-corrected chi connectivity index (χ2v) is 8.06. The largest absolute Gasteiger partial charge is 0.323 e. The Morgan fingerprint density at radius 1 is 1.45 bits per heavy atom. The number of hydrogen-bond donors (Lipinski definition) is 0. The van der Waals surface area contributed by atoms with E-state index in [0.717, 1.165) is 12.6 Å². The Hall–Kier alpha value is -0.0300. The Morgan fingerprint density at radius 2 is 1.91 bits per heavy atom. The molecular formula is C9H19OP. The lowest BCUT2D eigenvalue weighted by Crippen LogP contribution is -2.15. The molecule has 0 heterocycles. The van der Waals surface area contributed by atoms with Crippen LogP contribution in [-0.2, 0) is 4.57 Å². The fraction of sp³-hybridized carbons (Fsp3) is 0.778. The minimum atomic E-state index is -1.96. The van der Waals surface area contributed by atoms with E-state index in [-0.39, 0.29) is 5.16 Å². The van der Waals surface area contributed by atoms with E-state index >= 15 is 0 Å². The smallest absolute Gasteiger partial charge is 0.0901 e. The normalized spacial score (nSPS) is 17.5. The Kier molecular flexibility index (Phi) is 3.57. The van der Waals surface area contributed by atoms with Gasteiger partial charge in [-0.25, -0.2) is 0 Å². The van der Waals surface area contributed by atoms with Crippen molar-refractivity contribution in [3.63, 3.8) is 0 Å². The van der Waals surface area contributed by atoms with Crippen LogP contribution in [-0.4, -0.2) is 18.0 Å². The third kappa shape index (κ3) is 3.25. The number of allylic oxidation sites excluding steroid dienone is 1. The first-order valence-corrected chi connectivity index (χ1v) is 6.33. The van der Waals surface area contributed by atoms with Crippen LogP contribution in [0.15, 0.2) is 12.7 Å². The van der Waals surface area contributed by atoms with Crippen LogP contribution >= 0.6 is 7.14 Å². The van der Waals surface area contributed by atoms with E-state index in [2.05, 4.69) is 6.58 Å². The Morgan fingerprint density at radius 3 is 2.18 bits per heavy atom. The summed E-state index contributed by atoms with van der Waals surface area (Å²) < 4.78 is 11.9. The van der Waals surface area contributed by atoms with Gasteiger partial charge in [0.1, 0.15) is 0 Å². The van der Waals surface area contributed by atoms with E-state index in [1.54, 1.807) is 0 Å². The van der Waals surface area contributed by atoms with E-state index in [1.807, 2.05) is 33.5 Å². The summed E-state index contributed by atoms with van der Waals surface area (Å²) in [7, 11) is -1.96. The first kappa shape index (κ1) is 11.0. The molecule has 0 aromatic carbocycles.